The van der Waals surface area contributed by atoms with E-state index in [0.717, 1.165) is 5.92 Å². The molecule has 2 heteroatoms. The van der Waals surface area contributed by atoms with E-state index >= 15 is 0 Å². The highest BCUT2D eigenvalue weighted by Crippen LogP contribution is 2.26. The van der Waals surface area contributed by atoms with Gasteiger partial charge in [0.25, 0.3) is 0 Å². The second-order valence-electron chi connectivity index (χ2n) is 6.15. The highest BCUT2D eigenvalue weighted by atomic mass is 15.2. The van der Waals surface area contributed by atoms with Crippen LogP contribution in [-0.4, -0.2) is 36.6 Å². The fraction of sp³-hybridized carbons (Fsp3) is 1.00. The molecule has 1 saturated carbocycles. The van der Waals surface area contributed by atoms with E-state index in [9.17, 15) is 0 Å². The maximum atomic E-state index is 3.76. The van der Waals surface area contributed by atoms with E-state index in [2.05, 4.69) is 24.1 Å². The van der Waals surface area contributed by atoms with E-state index in [0.29, 0.717) is 5.54 Å². The zero-order valence-corrected chi connectivity index (χ0v) is 11.8. The van der Waals surface area contributed by atoms with Gasteiger partial charge in [0.05, 0.1) is 0 Å². The first-order valence-electron chi connectivity index (χ1n) is 7.75. The van der Waals surface area contributed by atoms with Crippen molar-refractivity contribution in [2.24, 2.45) is 5.92 Å². The standard InChI is InChI=1S/C15H30N2/c1-3-15(4-2)13-17(11-10-16-15)12-14-8-6-5-7-9-14/h14,16H,3-13H2,1-2H3. The van der Waals surface area contributed by atoms with E-state index in [-0.39, 0.29) is 0 Å². The third kappa shape index (κ3) is 3.45. The van der Waals surface area contributed by atoms with Gasteiger partial charge in [-0.05, 0) is 31.6 Å². The molecule has 1 N–H and O–H groups in total. The average Bonchev–Trinajstić information content (AvgIpc) is 2.40. The molecule has 0 spiro atoms. The van der Waals surface area contributed by atoms with Gasteiger partial charge in [-0.2, -0.15) is 0 Å². The maximum Gasteiger partial charge on any atom is 0.0304 e. The Hall–Kier alpha value is -0.0800. The maximum absolute atomic E-state index is 3.76. The van der Waals surface area contributed by atoms with Gasteiger partial charge >= 0.3 is 0 Å². The van der Waals surface area contributed by atoms with Gasteiger partial charge in [-0.1, -0.05) is 33.1 Å². The Morgan fingerprint density at radius 2 is 1.82 bits per heavy atom. The molecule has 1 heterocycles. The topological polar surface area (TPSA) is 15.3 Å². The van der Waals surface area contributed by atoms with E-state index in [1.54, 1.807) is 0 Å². The number of nitrogens with one attached hydrogen (secondary N) is 1. The van der Waals surface area contributed by atoms with Crippen LogP contribution in [0.3, 0.4) is 0 Å². The van der Waals surface area contributed by atoms with E-state index in [1.165, 1.54) is 71.1 Å². The fourth-order valence-electron chi connectivity index (χ4n) is 3.66. The summed E-state index contributed by atoms with van der Waals surface area (Å²) < 4.78 is 0. The largest absolute Gasteiger partial charge is 0.309 e. The molecular formula is C15H30N2. The summed E-state index contributed by atoms with van der Waals surface area (Å²) in [6.07, 6.45) is 9.93. The SMILES string of the molecule is CCC1(CC)CN(CC2CCCCC2)CCN1. The van der Waals surface area contributed by atoms with Crippen LogP contribution in [0.15, 0.2) is 0 Å². The summed E-state index contributed by atoms with van der Waals surface area (Å²) in [5.74, 6) is 0.994. The van der Waals surface area contributed by atoms with Crippen LogP contribution in [0.1, 0.15) is 58.8 Å². The van der Waals surface area contributed by atoms with Crippen molar-refractivity contribution in [3.05, 3.63) is 0 Å². The van der Waals surface area contributed by atoms with Gasteiger partial charge in [-0.25, -0.2) is 0 Å². The normalized spacial score (nSPS) is 27.2. The Kier molecular flexibility index (Phi) is 4.87. The van der Waals surface area contributed by atoms with E-state index < -0.39 is 0 Å². The molecule has 1 aliphatic heterocycles. The molecule has 0 aromatic heterocycles. The molecular weight excluding hydrogens is 208 g/mol. The Bertz CT molecular complexity index is 217. The lowest BCUT2D eigenvalue weighted by Gasteiger charge is -2.44. The van der Waals surface area contributed by atoms with Crippen molar-refractivity contribution in [3.8, 4) is 0 Å². The van der Waals surface area contributed by atoms with Crippen molar-refractivity contribution < 1.29 is 0 Å². The Labute approximate surface area is 107 Å². The van der Waals surface area contributed by atoms with Crippen molar-refractivity contribution in [3.63, 3.8) is 0 Å². The highest BCUT2D eigenvalue weighted by molar-refractivity contribution is 4.93. The second kappa shape index (κ2) is 6.19. The van der Waals surface area contributed by atoms with Crippen LogP contribution in [0.25, 0.3) is 0 Å². The van der Waals surface area contributed by atoms with Crippen molar-refractivity contribution in [1.82, 2.24) is 10.2 Å². The molecule has 2 fully saturated rings. The first-order valence-corrected chi connectivity index (χ1v) is 7.75. The summed E-state index contributed by atoms with van der Waals surface area (Å²) in [6.45, 7) is 9.76. The van der Waals surface area contributed by atoms with Crippen LogP contribution in [0.4, 0.5) is 0 Å². The quantitative estimate of drug-likeness (QED) is 0.810. The molecule has 17 heavy (non-hydrogen) atoms. The van der Waals surface area contributed by atoms with Crippen molar-refractivity contribution in [2.45, 2.75) is 64.3 Å². The molecule has 100 valence electrons. The van der Waals surface area contributed by atoms with E-state index in [1.807, 2.05) is 0 Å². The summed E-state index contributed by atoms with van der Waals surface area (Å²) in [4.78, 5) is 2.74. The smallest absolute Gasteiger partial charge is 0.0304 e. The van der Waals surface area contributed by atoms with E-state index in [4.69, 9.17) is 0 Å². The van der Waals surface area contributed by atoms with Gasteiger partial charge in [0.2, 0.25) is 0 Å². The zero-order chi connectivity index (χ0) is 12.1. The Morgan fingerprint density at radius 1 is 1.12 bits per heavy atom. The molecule has 0 unspecified atom stereocenters. The van der Waals surface area contributed by atoms with Gasteiger partial charge in [0.1, 0.15) is 0 Å². The summed E-state index contributed by atoms with van der Waals surface area (Å²) in [5, 5.41) is 3.76. The van der Waals surface area contributed by atoms with Gasteiger partial charge in [0.15, 0.2) is 0 Å². The van der Waals surface area contributed by atoms with Crippen LogP contribution >= 0.6 is 0 Å². The van der Waals surface area contributed by atoms with Crippen LogP contribution in [0.5, 0.6) is 0 Å². The van der Waals surface area contributed by atoms with Gasteiger partial charge in [0, 0.05) is 31.7 Å². The Balaban J connectivity index is 1.84. The molecule has 0 aromatic carbocycles. The minimum atomic E-state index is 0.410. The van der Waals surface area contributed by atoms with Crippen molar-refractivity contribution in [2.75, 3.05) is 26.2 Å². The summed E-state index contributed by atoms with van der Waals surface area (Å²) in [5.41, 5.74) is 0.410. The van der Waals surface area contributed by atoms with Gasteiger partial charge < -0.3 is 5.32 Å². The lowest BCUT2D eigenvalue weighted by Crippen LogP contribution is -2.60. The predicted molar refractivity (Wildman–Crippen MR) is 74.3 cm³/mol. The average molecular weight is 238 g/mol. The van der Waals surface area contributed by atoms with Crippen molar-refractivity contribution in [1.29, 1.82) is 0 Å². The lowest BCUT2D eigenvalue weighted by molar-refractivity contribution is 0.100. The molecule has 0 amide bonds. The fourth-order valence-corrected chi connectivity index (χ4v) is 3.66. The van der Waals surface area contributed by atoms with Crippen LogP contribution in [-0.2, 0) is 0 Å². The first kappa shape index (κ1) is 13.4. The van der Waals surface area contributed by atoms with Gasteiger partial charge in [-0.15, -0.1) is 0 Å². The summed E-state index contributed by atoms with van der Waals surface area (Å²) >= 11 is 0. The molecule has 2 nitrogen and oxygen atoms in total. The number of piperazine rings is 1. The molecule has 0 radical (unpaired) electrons. The van der Waals surface area contributed by atoms with Crippen LogP contribution in [0.2, 0.25) is 0 Å². The molecule has 2 rings (SSSR count). The number of hydrogen-bond acceptors (Lipinski definition) is 2. The first-order chi connectivity index (χ1) is 8.28. The molecule has 2 aliphatic rings. The zero-order valence-electron chi connectivity index (χ0n) is 11.8. The minimum Gasteiger partial charge on any atom is -0.309 e. The second-order valence-corrected chi connectivity index (χ2v) is 6.15. The molecule has 1 saturated heterocycles. The van der Waals surface area contributed by atoms with Crippen molar-refractivity contribution >= 4 is 0 Å². The third-order valence-electron chi connectivity index (χ3n) is 5.05. The Morgan fingerprint density at radius 3 is 2.47 bits per heavy atom. The lowest BCUT2D eigenvalue weighted by atomic mass is 9.86. The third-order valence-corrected chi connectivity index (χ3v) is 5.05. The van der Waals surface area contributed by atoms with Crippen LogP contribution < -0.4 is 5.32 Å². The monoisotopic (exact) mass is 238 g/mol. The molecule has 0 aromatic rings. The summed E-state index contributed by atoms with van der Waals surface area (Å²) in [6, 6.07) is 0. The number of hydrogen-bond donors (Lipinski definition) is 1. The van der Waals surface area contributed by atoms with Gasteiger partial charge in [-0.3, -0.25) is 4.90 Å². The number of rotatable bonds is 4. The molecule has 1 aliphatic carbocycles. The highest BCUT2D eigenvalue weighted by Gasteiger charge is 2.32. The molecule has 0 atom stereocenters. The van der Waals surface area contributed by atoms with Crippen LogP contribution in [0, 0.1) is 5.92 Å². The molecule has 0 bridgehead atoms. The number of nitrogens with zero attached hydrogens (tertiary/aromatic N) is 1. The predicted octanol–water partition coefficient (Wildman–Crippen LogP) is 3.03. The minimum absolute atomic E-state index is 0.410. The summed E-state index contributed by atoms with van der Waals surface area (Å²) in [7, 11) is 0.